The highest BCUT2D eigenvalue weighted by molar-refractivity contribution is 7.99. The molecule has 0 radical (unpaired) electrons. The van der Waals surface area contributed by atoms with E-state index in [1.807, 2.05) is 11.8 Å². The van der Waals surface area contributed by atoms with Crippen LogP contribution in [0.15, 0.2) is 0 Å². The van der Waals surface area contributed by atoms with Crippen LogP contribution in [0.4, 0.5) is 0 Å². The Morgan fingerprint density at radius 3 is 3.00 bits per heavy atom. The van der Waals surface area contributed by atoms with Gasteiger partial charge in [-0.05, 0) is 50.3 Å². The van der Waals surface area contributed by atoms with Crippen LogP contribution in [0.5, 0.6) is 0 Å². The second-order valence-corrected chi connectivity index (χ2v) is 6.92. The summed E-state index contributed by atoms with van der Waals surface area (Å²) in [7, 11) is 0. The van der Waals surface area contributed by atoms with Crippen molar-refractivity contribution >= 4 is 17.7 Å². The number of carbonyl (C=O) groups is 1. The first-order valence-electron chi connectivity index (χ1n) is 7.31. The van der Waals surface area contributed by atoms with Gasteiger partial charge in [0.1, 0.15) is 0 Å². The van der Waals surface area contributed by atoms with Gasteiger partial charge in [0.25, 0.3) is 0 Å². The van der Waals surface area contributed by atoms with Crippen LogP contribution in [0.1, 0.15) is 38.5 Å². The Labute approximate surface area is 119 Å². The molecule has 2 saturated heterocycles. The molecule has 0 aromatic heterocycles. The fraction of sp³-hybridized carbons (Fsp3) is 0.929. The van der Waals surface area contributed by atoms with Gasteiger partial charge in [-0.25, -0.2) is 0 Å². The van der Waals surface area contributed by atoms with E-state index >= 15 is 0 Å². The van der Waals surface area contributed by atoms with Gasteiger partial charge in [0.2, 0.25) is 0 Å². The Hall–Kier alpha value is -0.260. The third-order valence-electron chi connectivity index (χ3n) is 4.45. The van der Waals surface area contributed by atoms with Crippen molar-refractivity contribution in [1.82, 2.24) is 0 Å². The number of hydrogen-bond acceptors (Lipinski definition) is 4. The van der Waals surface area contributed by atoms with E-state index in [1.165, 1.54) is 0 Å². The van der Waals surface area contributed by atoms with Crippen LogP contribution >= 0.6 is 11.8 Å². The van der Waals surface area contributed by atoms with Crippen LogP contribution in [0, 0.1) is 11.8 Å². The van der Waals surface area contributed by atoms with Crippen LogP contribution in [-0.4, -0.2) is 41.3 Å². The van der Waals surface area contributed by atoms with Crippen molar-refractivity contribution in [3.63, 3.8) is 0 Å². The lowest BCUT2D eigenvalue weighted by Crippen LogP contribution is -2.43. The zero-order chi connectivity index (χ0) is 13.7. The van der Waals surface area contributed by atoms with E-state index in [1.54, 1.807) is 0 Å². The Morgan fingerprint density at radius 2 is 2.37 bits per heavy atom. The standard InChI is InChI=1S/C14H25NO3S/c15-6-2-1-3-12(13(16)17)11-4-7-18-14(9-11)5-8-19-10-14/h11-12H,1-10,15H2,(H,16,17). The van der Waals surface area contributed by atoms with Gasteiger partial charge in [0, 0.05) is 12.4 Å². The third kappa shape index (κ3) is 3.86. The summed E-state index contributed by atoms with van der Waals surface area (Å²) in [6, 6.07) is 0. The van der Waals surface area contributed by atoms with Crippen molar-refractivity contribution in [2.24, 2.45) is 17.6 Å². The van der Waals surface area contributed by atoms with E-state index in [9.17, 15) is 9.90 Å². The molecule has 2 aliphatic heterocycles. The number of rotatable bonds is 6. The summed E-state index contributed by atoms with van der Waals surface area (Å²) in [5.41, 5.74) is 5.47. The van der Waals surface area contributed by atoms with E-state index in [-0.39, 0.29) is 17.4 Å². The molecule has 19 heavy (non-hydrogen) atoms. The number of carboxylic acid groups (broad SMARTS) is 1. The molecule has 0 aromatic carbocycles. The molecule has 2 fully saturated rings. The zero-order valence-corrected chi connectivity index (χ0v) is 12.3. The maximum absolute atomic E-state index is 11.5. The number of nitrogens with two attached hydrogens (primary N) is 1. The number of hydrogen-bond donors (Lipinski definition) is 2. The minimum Gasteiger partial charge on any atom is -0.481 e. The Balaban J connectivity index is 1.94. The molecule has 3 N–H and O–H groups in total. The average Bonchev–Trinajstić information content (AvgIpc) is 2.82. The van der Waals surface area contributed by atoms with Crippen LogP contribution in [-0.2, 0) is 9.53 Å². The van der Waals surface area contributed by atoms with Gasteiger partial charge in [-0.15, -0.1) is 0 Å². The molecule has 5 heteroatoms. The lowest BCUT2D eigenvalue weighted by molar-refractivity contribution is -0.149. The van der Waals surface area contributed by atoms with Gasteiger partial charge in [0.15, 0.2) is 0 Å². The van der Waals surface area contributed by atoms with Crippen molar-refractivity contribution in [1.29, 1.82) is 0 Å². The van der Waals surface area contributed by atoms with Crippen LogP contribution in [0.25, 0.3) is 0 Å². The first-order valence-corrected chi connectivity index (χ1v) is 8.47. The smallest absolute Gasteiger partial charge is 0.306 e. The van der Waals surface area contributed by atoms with Crippen LogP contribution in [0.2, 0.25) is 0 Å². The lowest BCUT2D eigenvalue weighted by atomic mass is 9.76. The molecule has 0 aliphatic carbocycles. The van der Waals surface area contributed by atoms with E-state index in [4.69, 9.17) is 10.5 Å². The molecule has 2 aliphatic rings. The van der Waals surface area contributed by atoms with Crippen molar-refractivity contribution in [3.05, 3.63) is 0 Å². The summed E-state index contributed by atoms with van der Waals surface area (Å²) in [6.45, 7) is 1.38. The van der Waals surface area contributed by atoms with Crippen molar-refractivity contribution in [3.8, 4) is 0 Å². The van der Waals surface area contributed by atoms with E-state index in [0.29, 0.717) is 6.54 Å². The number of carboxylic acids is 1. The second kappa shape index (κ2) is 6.95. The van der Waals surface area contributed by atoms with Gasteiger partial charge in [0.05, 0.1) is 11.5 Å². The Kier molecular flexibility index (Phi) is 5.54. The molecular formula is C14H25NO3S. The predicted octanol–water partition coefficient (Wildman–Crippen LogP) is 2.12. The number of aliphatic carboxylic acids is 1. The second-order valence-electron chi connectivity index (χ2n) is 5.82. The van der Waals surface area contributed by atoms with Crippen molar-refractivity contribution in [2.75, 3.05) is 24.7 Å². The molecule has 1 spiro atoms. The monoisotopic (exact) mass is 287 g/mol. The molecular weight excluding hydrogens is 262 g/mol. The van der Waals surface area contributed by atoms with Gasteiger partial charge in [-0.2, -0.15) is 11.8 Å². The topological polar surface area (TPSA) is 72.6 Å². The van der Waals surface area contributed by atoms with E-state index in [2.05, 4.69) is 0 Å². The van der Waals surface area contributed by atoms with E-state index in [0.717, 1.165) is 56.6 Å². The minimum absolute atomic E-state index is 0.0187. The highest BCUT2D eigenvalue weighted by Gasteiger charge is 2.43. The first-order chi connectivity index (χ1) is 9.17. The molecule has 0 amide bonds. The van der Waals surface area contributed by atoms with Crippen molar-refractivity contribution in [2.45, 2.75) is 44.1 Å². The van der Waals surface area contributed by atoms with Gasteiger partial charge in [-0.3, -0.25) is 4.79 Å². The van der Waals surface area contributed by atoms with Gasteiger partial charge >= 0.3 is 5.97 Å². The minimum atomic E-state index is -0.635. The highest BCUT2D eigenvalue weighted by atomic mass is 32.2. The van der Waals surface area contributed by atoms with Gasteiger partial charge < -0.3 is 15.6 Å². The number of ether oxygens (including phenoxy) is 1. The summed E-state index contributed by atoms with van der Waals surface area (Å²) in [5.74, 6) is 1.63. The first kappa shape index (κ1) is 15.1. The Bertz CT molecular complexity index is 305. The molecule has 0 saturated carbocycles. The molecule has 110 valence electrons. The summed E-state index contributed by atoms with van der Waals surface area (Å²) in [6.07, 6.45) is 5.52. The molecule has 0 bridgehead atoms. The van der Waals surface area contributed by atoms with Crippen LogP contribution in [0.3, 0.4) is 0 Å². The van der Waals surface area contributed by atoms with Gasteiger partial charge in [-0.1, -0.05) is 6.42 Å². The normalized spacial score (nSPS) is 32.6. The fourth-order valence-corrected chi connectivity index (χ4v) is 4.72. The third-order valence-corrected chi connectivity index (χ3v) is 5.68. The predicted molar refractivity (Wildman–Crippen MR) is 77.4 cm³/mol. The Morgan fingerprint density at radius 1 is 1.53 bits per heavy atom. The maximum atomic E-state index is 11.5. The zero-order valence-electron chi connectivity index (χ0n) is 11.5. The number of thioether (sulfide) groups is 1. The summed E-state index contributed by atoms with van der Waals surface area (Å²) < 4.78 is 5.98. The quantitative estimate of drug-likeness (QED) is 0.732. The molecule has 4 nitrogen and oxygen atoms in total. The fourth-order valence-electron chi connectivity index (χ4n) is 3.34. The molecule has 0 aromatic rings. The van der Waals surface area contributed by atoms with E-state index < -0.39 is 5.97 Å². The van der Waals surface area contributed by atoms with Crippen molar-refractivity contribution < 1.29 is 14.6 Å². The summed E-state index contributed by atoms with van der Waals surface area (Å²) in [5, 5.41) is 9.48. The lowest BCUT2D eigenvalue weighted by Gasteiger charge is -2.40. The summed E-state index contributed by atoms with van der Waals surface area (Å²) in [4.78, 5) is 11.5. The molecule has 3 unspecified atom stereocenters. The molecule has 3 atom stereocenters. The molecule has 2 heterocycles. The molecule has 2 rings (SSSR count). The largest absolute Gasteiger partial charge is 0.481 e. The highest BCUT2D eigenvalue weighted by Crippen LogP contribution is 2.43. The maximum Gasteiger partial charge on any atom is 0.306 e. The average molecular weight is 287 g/mol. The number of unbranched alkanes of at least 4 members (excludes halogenated alkanes) is 1. The SMILES string of the molecule is NCCCCC(C(=O)O)C1CCOC2(CCSC2)C1. The van der Waals surface area contributed by atoms with Crippen LogP contribution < -0.4 is 5.73 Å². The summed E-state index contributed by atoms with van der Waals surface area (Å²) >= 11 is 1.93.